The number of carboxylic acids is 1. The summed E-state index contributed by atoms with van der Waals surface area (Å²) < 4.78 is 10.8. The van der Waals surface area contributed by atoms with Crippen LogP contribution in [0.5, 0.6) is 5.75 Å². The molecule has 6 nitrogen and oxygen atoms in total. The Labute approximate surface area is 136 Å². The van der Waals surface area contributed by atoms with Gasteiger partial charge >= 0.3 is 12.1 Å². The zero-order valence-electron chi connectivity index (χ0n) is 14.0. The van der Waals surface area contributed by atoms with E-state index in [4.69, 9.17) is 9.47 Å². The van der Waals surface area contributed by atoms with Gasteiger partial charge in [0, 0.05) is 13.1 Å². The van der Waals surface area contributed by atoms with E-state index in [-0.39, 0.29) is 11.7 Å². The molecule has 6 heteroatoms. The fraction of sp³-hybridized carbons (Fsp3) is 0.529. The molecule has 1 N–H and O–H groups in total. The van der Waals surface area contributed by atoms with Crippen LogP contribution in [-0.2, 0) is 17.7 Å². The molecule has 0 spiro atoms. The van der Waals surface area contributed by atoms with Crippen molar-refractivity contribution in [3.8, 4) is 5.75 Å². The first-order valence-electron chi connectivity index (χ1n) is 7.71. The fourth-order valence-electron chi connectivity index (χ4n) is 2.51. The number of aromatic carboxylic acids is 1. The predicted octanol–water partition coefficient (Wildman–Crippen LogP) is 3.08. The Bertz CT molecular complexity index is 618. The average molecular weight is 321 g/mol. The number of carbonyl (C=O) groups excluding carboxylic acids is 1. The SMILES string of the molecule is CCOc1cc2c(cc1C(=O)O)CCN(C(=O)OC(C)(C)C)C2. The molecule has 0 unspecified atom stereocenters. The van der Waals surface area contributed by atoms with Crippen molar-refractivity contribution in [2.24, 2.45) is 0 Å². The predicted molar refractivity (Wildman–Crippen MR) is 84.9 cm³/mol. The van der Waals surface area contributed by atoms with Crippen molar-refractivity contribution in [1.82, 2.24) is 4.90 Å². The number of hydrogen-bond donors (Lipinski definition) is 1. The van der Waals surface area contributed by atoms with E-state index in [9.17, 15) is 14.7 Å². The van der Waals surface area contributed by atoms with E-state index in [2.05, 4.69) is 0 Å². The molecular formula is C17H23NO5. The van der Waals surface area contributed by atoms with E-state index >= 15 is 0 Å². The second kappa shape index (κ2) is 6.48. The minimum Gasteiger partial charge on any atom is -0.493 e. The molecule has 0 bridgehead atoms. The van der Waals surface area contributed by atoms with Crippen molar-refractivity contribution in [2.45, 2.75) is 46.3 Å². The van der Waals surface area contributed by atoms with Gasteiger partial charge in [-0.05, 0) is 57.4 Å². The molecule has 1 heterocycles. The number of hydrogen-bond acceptors (Lipinski definition) is 4. The summed E-state index contributed by atoms with van der Waals surface area (Å²) in [7, 11) is 0. The standard InChI is InChI=1S/C17H23NO5/c1-5-22-14-9-12-10-18(16(21)23-17(2,3)4)7-6-11(12)8-13(14)15(19)20/h8-9H,5-7,10H2,1-4H3,(H,19,20). The molecule has 0 aromatic heterocycles. The van der Waals surface area contributed by atoms with Gasteiger partial charge in [0.05, 0.1) is 6.61 Å². The van der Waals surface area contributed by atoms with Crippen LogP contribution in [0.25, 0.3) is 0 Å². The molecule has 0 radical (unpaired) electrons. The van der Waals surface area contributed by atoms with Crippen LogP contribution in [0.3, 0.4) is 0 Å². The highest BCUT2D eigenvalue weighted by Gasteiger charge is 2.27. The minimum absolute atomic E-state index is 0.163. The Hall–Kier alpha value is -2.24. The van der Waals surface area contributed by atoms with Crippen LogP contribution in [0.4, 0.5) is 4.79 Å². The molecule has 0 aliphatic carbocycles. The van der Waals surface area contributed by atoms with Crippen LogP contribution >= 0.6 is 0 Å². The highest BCUT2D eigenvalue weighted by molar-refractivity contribution is 5.91. The van der Waals surface area contributed by atoms with Gasteiger partial charge in [0.2, 0.25) is 0 Å². The first kappa shape index (κ1) is 17.1. The molecular weight excluding hydrogens is 298 g/mol. The lowest BCUT2D eigenvalue weighted by Crippen LogP contribution is -2.40. The second-order valence-electron chi connectivity index (χ2n) is 6.51. The molecule has 0 saturated heterocycles. The number of carboxylic acid groups (broad SMARTS) is 1. The van der Waals surface area contributed by atoms with Gasteiger partial charge in [0.25, 0.3) is 0 Å². The first-order chi connectivity index (χ1) is 10.7. The van der Waals surface area contributed by atoms with Crippen LogP contribution in [0.15, 0.2) is 12.1 Å². The van der Waals surface area contributed by atoms with Gasteiger partial charge in [0.15, 0.2) is 0 Å². The molecule has 1 amide bonds. The quantitative estimate of drug-likeness (QED) is 0.926. The maximum Gasteiger partial charge on any atom is 0.410 e. The van der Waals surface area contributed by atoms with E-state index < -0.39 is 11.6 Å². The van der Waals surface area contributed by atoms with Crippen LogP contribution in [-0.4, -0.2) is 40.8 Å². The largest absolute Gasteiger partial charge is 0.493 e. The summed E-state index contributed by atoms with van der Waals surface area (Å²) in [4.78, 5) is 25.2. The zero-order chi connectivity index (χ0) is 17.2. The maximum atomic E-state index is 12.2. The van der Waals surface area contributed by atoms with Crippen molar-refractivity contribution in [2.75, 3.05) is 13.2 Å². The molecule has 1 aliphatic rings. The van der Waals surface area contributed by atoms with Crippen LogP contribution in [0.2, 0.25) is 0 Å². The van der Waals surface area contributed by atoms with E-state index in [0.29, 0.717) is 31.9 Å². The van der Waals surface area contributed by atoms with Crippen LogP contribution in [0, 0.1) is 0 Å². The van der Waals surface area contributed by atoms with E-state index in [1.54, 1.807) is 24.0 Å². The molecule has 1 aliphatic heterocycles. The Balaban J connectivity index is 2.25. The summed E-state index contributed by atoms with van der Waals surface area (Å²) in [6.45, 7) is 8.57. The Kier molecular flexibility index (Phi) is 4.82. The Morgan fingerprint density at radius 2 is 1.96 bits per heavy atom. The van der Waals surface area contributed by atoms with Gasteiger partial charge in [0.1, 0.15) is 16.9 Å². The fourth-order valence-corrected chi connectivity index (χ4v) is 2.51. The molecule has 0 atom stereocenters. The van der Waals surface area contributed by atoms with E-state index in [1.165, 1.54) is 0 Å². The smallest absolute Gasteiger partial charge is 0.410 e. The third-order valence-electron chi connectivity index (χ3n) is 3.50. The summed E-state index contributed by atoms with van der Waals surface area (Å²) in [5.74, 6) is -0.671. The number of benzene rings is 1. The minimum atomic E-state index is -1.01. The van der Waals surface area contributed by atoms with Gasteiger partial charge in [-0.2, -0.15) is 0 Å². The summed E-state index contributed by atoms with van der Waals surface area (Å²) in [6, 6.07) is 3.37. The third kappa shape index (κ3) is 4.15. The highest BCUT2D eigenvalue weighted by atomic mass is 16.6. The van der Waals surface area contributed by atoms with Crippen molar-refractivity contribution in [1.29, 1.82) is 0 Å². The maximum absolute atomic E-state index is 12.2. The summed E-state index contributed by atoms with van der Waals surface area (Å²) in [6.07, 6.45) is 0.241. The van der Waals surface area contributed by atoms with Crippen molar-refractivity contribution >= 4 is 12.1 Å². The number of fused-ring (bicyclic) bond motifs is 1. The molecule has 0 fully saturated rings. The lowest BCUT2D eigenvalue weighted by Gasteiger charge is -2.31. The highest BCUT2D eigenvalue weighted by Crippen LogP contribution is 2.29. The Morgan fingerprint density at radius 1 is 1.26 bits per heavy atom. The van der Waals surface area contributed by atoms with Gasteiger partial charge in [-0.3, -0.25) is 0 Å². The van der Waals surface area contributed by atoms with E-state index in [0.717, 1.165) is 11.1 Å². The van der Waals surface area contributed by atoms with Crippen molar-refractivity contribution < 1.29 is 24.2 Å². The molecule has 0 saturated carbocycles. The average Bonchev–Trinajstić information content (AvgIpc) is 2.44. The van der Waals surface area contributed by atoms with Crippen molar-refractivity contribution in [3.63, 3.8) is 0 Å². The van der Waals surface area contributed by atoms with Gasteiger partial charge < -0.3 is 19.5 Å². The van der Waals surface area contributed by atoms with E-state index in [1.807, 2.05) is 20.8 Å². The number of amides is 1. The third-order valence-corrected chi connectivity index (χ3v) is 3.50. The van der Waals surface area contributed by atoms with Crippen LogP contribution in [0.1, 0.15) is 49.2 Å². The number of rotatable bonds is 3. The normalized spacial score (nSPS) is 14.2. The molecule has 2 rings (SSSR count). The molecule has 1 aromatic rings. The first-order valence-corrected chi connectivity index (χ1v) is 7.71. The van der Waals surface area contributed by atoms with Crippen LogP contribution < -0.4 is 4.74 Å². The zero-order valence-corrected chi connectivity index (χ0v) is 14.0. The molecule has 1 aromatic carbocycles. The van der Waals surface area contributed by atoms with Gasteiger partial charge in [-0.15, -0.1) is 0 Å². The molecule has 23 heavy (non-hydrogen) atoms. The topological polar surface area (TPSA) is 76.1 Å². The Morgan fingerprint density at radius 3 is 2.52 bits per heavy atom. The second-order valence-corrected chi connectivity index (χ2v) is 6.51. The number of ether oxygens (including phenoxy) is 2. The lowest BCUT2D eigenvalue weighted by molar-refractivity contribution is 0.0223. The van der Waals surface area contributed by atoms with Gasteiger partial charge in [-0.1, -0.05) is 0 Å². The number of nitrogens with zero attached hydrogens (tertiary/aromatic N) is 1. The van der Waals surface area contributed by atoms with Gasteiger partial charge in [-0.25, -0.2) is 9.59 Å². The summed E-state index contributed by atoms with van der Waals surface area (Å²) in [5.41, 5.74) is 1.46. The van der Waals surface area contributed by atoms with Crippen molar-refractivity contribution in [3.05, 3.63) is 28.8 Å². The summed E-state index contributed by atoms with van der Waals surface area (Å²) in [5, 5.41) is 9.30. The molecule has 126 valence electrons. The monoisotopic (exact) mass is 321 g/mol. The lowest BCUT2D eigenvalue weighted by atomic mass is 9.96. The summed E-state index contributed by atoms with van der Waals surface area (Å²) >= 11 is 0. The number of carbonyl (C=O) groups is 2.